The van der Waals surface area contributed by atoms with Crippen LogP contribution in [-0.2, 0) is 12.7 Å². The average molecular weight is 489 g/mol. The van der Waals surface area contributed by atoms with Crippen molar-refractivity contribution in [3.05, 3.63) is 80.0 Å². The van der Waals surface area contributed by atoms with Crippen LogP contribution in [0.4, 0.5) is 17.6 Å². The van der Waals surface area contributed by atoms with Crippen molar-refractivity contribution in [3.8, 4) is 21.6 Å². The molecule has 34 heavy (non-hydrogen) atoms. The molecule has 176 valence electrons. The molecule has 0 radical (unpaired) electrons. The largest absolute Gasteiger partial charge is 0.417 e. The summed E-state index contributed by atoms with van der Waals surface area (Å²) in [7, 11) is 0. The van der Waals surface area contributed by atoms with Crippen molar-refractivity contribution in [2.45, 2.75) is 32.7 Å². The molecule has 0 spiro atoms. The summed E-state index contributed by atoms with van der Waals surface area (Å²) in [4.78, 5) is 17.7. The Morgan fingerprint density at radius 1 is 1.12 bits per heavy atom. The molecule has 0 bridgehead atoms. The fourth-order valence-corrected chi connectivity index (χ4v) is 5.16. The number of carbonyl (C=O) groups excluding carboxylic acids is 1. The predicted molar refractivity (Wildman–Crippen MR) is 123 cm³/mol. The molecule has 1 aliphatic heterocycles. The number of amides is 1. The maximum Gasteiger partial charge on any atom is 0.417 e. The standard InChI is InChI=1S/C24H20F4N4OS/c1-13-14(2)22(34-21(13)10-30-31-29)19-8-7-17(9-20(19)24(26,27)28)15-3-5-16(6-4-15)23(33)32-11-18(25)12-32/h3-9,18H,10-12H2,1-2H3. The third kappa shape index (κ3) is 4.51. The van der Waals surface area contributed by atoms with Crippen molar-refractivity contribution in [3.63, 3.8) is 0 Å². The average Bonchev–Trinajstić information content (AvgIpc) is 3.08. The van der Waals surface area contributed by atoms with Gasteiger partial charge in [-0.15, -0.1) is 11.3 Å². The highest BCUT2D eigenvalue weighted by Gasteiger charge is 2.35. The van der Waals surface area contributed by atoms with Crippen LogP contribution in [-0.4, -0.2) is 30.1 Å². The zero-order valence-corrected chi connectivity index (χ0v) is 19.2. The van der Waals surface area contributed by atoms with E-state index < -0.39 is 17.9 Å². The first-order chi connectivity index (χ1) is 16.1. The number of rotatable bonds is 5. The normalized spacial score (nSPS) is 14.0. The maximum atomic E-state index is 14.1. The number of thiophene rings is 1. The van der Waals surface area contributed by atoms with Crippen molar-refractivity contribution in [2.24, 2.45) is 5.11 Å². The second-order valence-electron chi connectivity index (χ2n) is 8.14. The molecule has 1 fully saturated rings. The summed E-state index contributed by atoms with van der Waals surface area (Å²) >= 11 is 1.19. The summed E-state index contributed by atoms with van der Waals surface area (Å²) in [5.41, 5.74) is 10.7. The van der Waals surface area contributed by atoms with E-state index in [1.54, 1.807) is 44.2 Å². The Balaban J connectivity index is 1.70. The van der Waals surface area contributed by atoms with E-state index in [2.05, 4.69) is 10.0 Å². The number of halogens is 4. The van der Waals surface area contributed by atoms with Gasteiger partial charge in [-0.2, -0.15) is 13.2 Å². The Bertz CT molecular complexity index is 1290. The summed E-state index contributed by atoms with van der Waals surface area (Å²) < 4.78 is 55.2. The number of carbonyl (C=O) groups is 1. The second-order valence-corrected chi connectivity index (χ2v) is 9.24. The van der Waals surface area contributed by atoms with Gasteiger partial charge < -0.3 is 4.90 Å². The molecule has 2 heterocycles. The molecule has 1 saturated heterocycles. The van der Waals surface area contributed by atoms with Crippen molar-refractivity contribution in [1.29, 1.82) is 0 Å². The van der Waals surface area contributed by atoms with Crippen LogP contribution in [0.2, 0.25) is 0 Å². The highest BCUT2D eigenvalue weighted by Crippen LogP contribution is 2.44. The van der Waals surface area contributed by atoms with E-state index in [-0.39, 0.29) is 31.1 Å². The van der Waals surface area contributed by atoms with Gasteiger partial charge in [0.1, 0.15) is 6.17 Å². The molecular weight excluding hydrogens is 468 g/mol. The van der Waals surface area contributed by atoms with Crippen molar-refractivity contribution in [2.75, 3.05) is 13.1 Å². The van der Waals surface area contributed by atoms with E-state index in [0.717, 1.165) is 22.1 Å². The lowest BCUT2D eigenvalue weighted by Crippen LogP contribution is -2.51. The van der Waals surface area contributed by atoms with Crippen LogP contribution in [0.25, 0.3) is 32.0 Å². The van der Waals surface area contributed by atoms with Gasteiger partial charge >= 0.3 is 6.18 Å². The molecule has 5 nitrogen and oxygen atoms in total. The lowest BCUT2D eigenvalue weighted by atomic mass is 9.95. The zero-order valence-electron chi connectivity index (χ0n) is 18.4. The van der Waals surface area contributed by atoms with Gasteiger partial charge in [0.15, 0.2) is 0 Å². The van der Waals surface area contributed by atoms with Crippen LogP contribution in [0.5, 0.6) is 0 Å². The summed E-state index contributed by atoms with van der Waals surface area (Å²) in [5, 5.41) is 3.54. The minimum absolute atomic E-state index is 0.0587. The number of hydrogen-bond acceptors (Lipinski definition) is 3. The van der Waals surface area contributed by atoms with Crippen LogP contribution in [0, 0.1) is 13.8 Å². The SMILES string of the molecule is Cc1c(CN=[N+]=[N-])sc(-c2ccc(-c3ccc(C(=O)N4CC(F)C4)cc3)cc2C(F)(F)F)c1C. The Kier molecular flexibility index (Phi) is 6.38. The van der Waals surface area contributed by atoms with Crippen molar-refractivity contribution < 1.29 is 22.4 Å². The van der Waals surface area contributed by atoms with E-state index in [0.29, 0.717) is 21.6 Å². The molecule has 1 aromatic heterocycles. The van der Waals surface area contributed by atoms with E-state index >= 15 is 0 Å². The Hall–Kier alpha value is -3.36. The van der Waals surface area contributed by atoms with Crippen LogP contribution in [0.3, 0.4) is 0 Å². The number of azide groups is 1. The first-order valence-corrected chi connectivity index (χ1v) is 11.3. The molecule has 1 aliphatic rings. The highest BCUT2D eigenvalue weighted by molar-refractivity contribution is 7.16. The minimum Gasteiger partial charge on any atom is -0.333 e. The number of likely N-dealkylation sites (tertiary alicyclic amines) is 1. The van der Waals surface area contributed by atoms with E-state index in [4.69, 9.17) is 5.53 Å². The second kappa shape index (κ2) is 9.12. The van der Waals surface area contributed by atoms with Gasteiger partial charge in [-0.25, -0.2) is 4.39 Å². The highest BCUT2D eigenvalue weighted by atomic mass is 32.1. The third-order valence-electron chi connectivity index (χ3n) is 5.98. The minimum atomic E-state index is -4.59. The number of benzene rings is 2. The maximum absolute atomic E-state index is 14.1. The van der Waals surface area contributed by atoms with Gasteiger partial charge in [0, 0.05) is 25.8 Å². The lowest BCUT2D eigenvalue weighted by molar-refractivity contribution is -0.137. The quantitative estimate of drug-likeness (QED) is 0.161. The molecule has 0 unspecified atom stereocenters. The number of alkyl halides is 4. The predicted octanol–water partition coefficient (Wildman–Crippen LogP) is 7.32. The van der Waals surface area contributed by atoms with Gasteiger partial charge in [-0.3, -0.25) is 4.79 Å². The summed E-state index contributed by atoms with van der Waals surface area (Å²) in [5.74, 6) is -0.299. The summed E-state index contributed by atoms with van der Waals surface area (Å²) in [6.45, 7) is 3.76. The number of nitrogens with zero attached hydrogens (tertiary/aromatic N) is 4. The number of hydrogen-bond donors (Lipinski definition) is 0. The first kappa shape index (κ1) is 23.8. The molecule has 2 aromatic carbocycles. The summed E-state index contributed by atoms with van der Waals surface area (Å²) in [6.07, 6.45) is -5.59. The molecule has 3 aromatic rings. The molecule has 0 saturated carbocycles. The smallest absolute Gasteiger partial charge is 0.333 e. The van der Waals surface area contributed by atoms with E-state index in [1.807, 2.05) is 0 Å². The molecule has 1 amide bonds. The lowest BCUT2D eigenvalue weighted by Gasteiger charge is -2.34. The summed E-state index contributed by atoms with van der Waals surface area (Å²) in [6, 6.07) is 10.4. The van der Waals surface area contributed by atoms with Gasteiger partial charge in [0.2, 0.25) is 0 Å². The van der Waals surface area contributed by atoms with Crippen molar-refractivity contribution in [1.82, 2.24) is 4.90 Å². The van der Waals surface area contributed by atoms with Gasteiger partial charge in [-0.05, 0) is 59.8 Å². The topological polar surface area (TPSA) is 69.1 Å². The molecule has 0 N–H and O–H groups in total. The Labute approximate surface area is 197 Å². The van der Waals surface area contributed by atoms with E-state index in [9.17, 15) is 22.4 Å². The molecular formula is C24H20F4N4OS. The Morgan fingerprint density at radius 2 is 1.76 bits per heavy atom. The fraction of sp³-hybridized carbons (Fsp3) is 0.292. The van der Waals surface area contributed by atoms with Crippen LogP contribution in [0.15, 0.2) is 47.6 Å². The third-order valence-corrected chi connectivity index (χ3v) is 7.40. The van der Waals surface area contributed by atoms with E-state index in [1.165, 1.54) is 22.3 Å². The van der Waals surface area contributed by atoms with Gasteiger partial charge in [0.25, 0.3) is 5.91 Å². The Morgan fingerprint density at radius 3 is 2.35 bits per heavy atom. The molecule has 0 atom stereocenters. The van der Waals surface area contributed by atoms with Crippen LogP contribution < -0.4 is 0 Å². The molecule has 10 heteroatoms. The van der Waals surface area contributed by atoms with Gasteiger partial charge in [-0.1, -0.05) is 29.4 Å². The monoisotopic (exact) mass is 488 g/mol. The first-order valence-electron chi connectivity index (χ1n) is 10.4. The molecule has 0 aliphatic carbocycles. The zero-order chi connectivity index (χ0) is 24.6. The van der Waals surface area contributed by atoms with Gasteiger partial charge in [0.05, 0.1) is 25.2 Å². The molecule has 4 rings (SSSR count). The van der Waals surface area contributed by atoms with Crippen molar-refractivity contribution >= 4 is 17.2 Å². The van der Waals surface area contributed by atoms with Crippen LogP contribution in [0.1, 0.15) is 31.9 Å². The van der Waals surface area contributed by atoms with Crippen LogP contribution >= 0.6 is 11.3 Å². The fourth-order valence-electron chi connectivity index (χ4n) is 3.89.